The number of aromatic nitrogens is 3. The number of hydrogen-bond acceptors (Lipinski definition) is 3. The van der Waals surface area contributed by atoms with Crippen LogP contribution >= 0.6 is 0 Å². The number of benzene rings is 1. The normalized spacial score (nSPS) is 12.7. The minimum Gasteiger partial charge on any atom is -0.310 e. The van der Waals surface area contributed by atoms with Crippen LogP contribution in [-0.2, 0) is 0 Å². The van der Waals surface area contributed by atoms with Gasteiger partial charge in [0.15, 0.2) is 0 Å². The summed E-state index contributed by atoms with van der Waals surface area (Å²) in [6.07, 6.45) is 1.06. The van der Waals surface area contributed by atoms with Crippen molar-refractivity contribution in [1.29, 1.82) is 0 Å². The molecule has 5 heteroatoms. The highest BCUT2D eigenvalue weighted by Gasteiger charge is 2.13. The van der Waals surface area contributed by atoms with Crippen LogP contribution in [0.1, 0.15) is 43.5 Å². The van der Waals surface area contributed by atoms with Gasteiger partial charge in [-0.3, -0.25) is 0 Å². The molecule has 0 saturated carbocycles. The van der Waals surface area contributed by atoms with Gasteiger partial charge < -0.3 is 5.32 Å². The zero-order valence-electron chi connectivity index (χ0n) is 12.4. The zero-order chi connectivity index (χ0) is 14.7. The van der Waals surface area contributed by atoms with Crippen LogP contribution < -0.4 is 5.32 Å². The lowest BCUT2D eigenvalue weighted by Crippen LogP contribution is -2.19. The van der Waals surface area contributed by atoms with E-state index in [0.717, 1.165) is 18.5 Å². The molecule has 1 unspecified atom stereocenters. The van der Waals surface area contributed by atoms with E-state index in [2.05, 4.69) is 22.3 Å². The van der Waals surface area contributed by atoms with Crippen LogP contribution in [0.15, 0.2) is 18.2 Å². The Morgan fingerprint density at radius 3 is 2.65 bits per heavy atom. The second-order valence-corrected chi connectivity index (χ2v) is 5.00. The van der Waals surface area contributed by atoms with Crippen molar-refractivity contribution in [3.63, 3.8) is 0 Å². The van der Waals surface area contributed by atoms with Crippen LogP contribution in [0.2, 0.25) is 0 Å². The van der Waals surface area contributed by atoms with Gasteiger partial charge in [-0.2, -0.15) is 5.10 Å². The van der Waals surface area contributed by atoms with Crippen molar-refractivity contribution in [2.24, 2.45) is 0 Å². The van der Waals surface area contributed by atoms with Gasteiger partial charge in [0.1, 0.15) is 23.2 Å². The number of aryl methyl sites for hydroxylation is 2. The molecule has 1 atom stereocenters. The SMILES string of the molecule is CCCNC(C)c1ccc(-n2nc(C)nc2C)c(F)c1. The lowest BCUT2D eigenvalue weighted by molar-refractivity contribution is 0.559. The summed E-state index contributed by atoms with van der Waals surface area (Å²) in [6.45, 7) is 8.69. The van der Waals surface area contributed by atoms with Crippen LogP contribution in [0, 0.1) is 19.7 Å². The van der Waals surface area contributed by atoms with E-state index < -0.39 is 0 Å². The Bertz CT molecular complexity index is 592. The highest BCUT2D eigenvalue weighted by atomic mass is 19.1. The van der Waals surface area contributed by atoms with Gasteiger partial charge in [0.05, 0.1) is 0 Å². The lowest BCUT2D eigenvalue weighted by atomic mass is 10.1. The summed E-state index contributed by atoms with van der Waals surface area (Å²) < 4.78 is 15.8. The molecule has 4 nitrogen and oxygen atoms in total. The third kappa shape index (κ3) is 3.04. The van der Waals surface area contributed by atoms with Crippen molar-refractivity contribution >= 4 is 0 Å². The van der Waals surface area contributed by atoms with E-state index in [-0.39, 0.29) is 11.9 Å². The smallest absolute Gasteiger partial charge is 0.149 e. The number of halogens is 1. The summed E-state index contributed by atoms with van der Waals surface area (Å²) in [5.74, 6) is 1.05. The van der Waals surface area contributed by atoms with E-state index in [9.17, 15) is 4.39 Å². The number of nitrogens with one attached hydrogen (secondary N) is 1. The molecule has 0 aliphatic rings. The first-order valence-corrected chi connectivity index (χ1v) is 6.96. The van der Waals surface area contributed by atoms with Crippen LogP contribution in [0.4, 0.5) is 4.39 Å². The van der Waals surface area contributed by atoms with Crippen LogP contribution in [0.25, 0.3) is 5.69 Å². The third-order valence-corrected chi connectivity index (χ3v) is 3.28. The number of nitrogens with zero attached hydrogens (tertiary/aromatic N) is 3. The van der Waals surface area contributed by atoms with Crippen LogP contribution in [-0.4, -0.2) is 21.3 Å². The molecular weight excluding hydrogens is 255 g/mol. The average Bonchev–Trinajstić information content (AvgIpc) is 2.74. The molecular formula is C15H21FN4. The standard InChI is InChI=1S/C15H21FN4/c1-5-8-17-10(2)13-6-7-15(14(16)9-13)20-12(4)18-11(3)19-20/h6-7,9-10,17H,5,8H2,1-4H3. The summed E-state index contributed by atoms with van der Waals surface area (Å²) in [6, 6.07) is 5.40. The maximum Gasteiger partial charge on any atom is 0.149 e. The van der Waals surface area contributed by atoms with E-state index in [1.165, 1.54) is 0 Å². The number of hydrogen-bond donors (Lipinski definition) is 1. The highest BCUT2D eigenvalue weighted by molar-refractivity contribution is 5.37. The van der Waals surface area contributed by atoms with Crippen molar-refractivity contribution in [1.82, 2.24) is 20.1 Å². The molecule has 108 valence electrons. The fraction of sp³-hybridized carbons (Fsp3) is 0.467. The molecule has 0 aliphatic heterocycles. The highest BCUT2D eigenvalue weighted by Crippen LogP contribution is 2.20. The van der Waals surface area contributed by atoms with Gasteiger partial charge in [0, 0.05) is 6.04 Å². The fourth-order valence-electron chi connectivity index (χ4n) is 2.19. The molecule has 0 saturated heterocycles. The van der Waals surface area contributed by atoms with E-state index in [0.29, 0.717) is 17.3 Å². The Kier molecular flexibility index (Phi) is 4.49. The number of rotatable bonds is 5. The Morgan fingerprint density at radius 2 is 2.10 bits per heavy atom. The van der Waals surface area contributed by atoms with Crippen molar-refractivity contribution in [2.45, 2.75) is 40.2 Å². The quantitative estimate of drug-likeness (QED) is 0.912. The van der Waals surface area contributed by atoms with E-state index in [1.807, 2.05) is 19.9 Å². The molecule has 20 heavy (non-hydrogen) atoms. The summed E-state index contributed by atoms with van der Waals surface area (Å²) in [7, 11) is 0. The molecule has 2 rings (SSSR count). The molecule has 0 fully saturated rings. The summed E-state index contributed by atoms with van der Waals surface area (Å²) >= 11 is 0. The van der Waals surface area contributed by atoms with Gasteiger partial charge in [-0.25, -0.2) is 14.1 Å². The third-order valence-electron chi connectivity index (χ3n) is 3.28. The Hall–Kier alpha value is -1.75. The summed E-state index contributed by atoms with van der Waals surface area (Å²) in [4.78, 5) is 4.20. The maximum atomic E-state index is 14.3. The Balaban J connectivity index is 2.28. The van der Waals surface area contributed by atoms with Gasteiger partial charge in [-0.15, -0.1) is 0 Å². The van der Waals surface area contributed by atoms with E-state index in [4.69, 9.17) is 0 Å². The molecule has 1 heterocycles. The summed E-state index contributed by atoms with van der Waals surface area (Å²) in [5, 5.41) is 7.56. The van der Waals surface area contributed by atoms with Crippen molar-refractivity contribution < 1.29 is 4.39 Å². The predicted octanol–water partition coefficient (Wildman–Crippen LogP) is 3.08. The average molecular weight is 276 g/mol. The van der Waals surface area contributed by atoms with E-state index >= 15 is 0 Å². The molecule has 1 N–H and O–H groups in total. The Morgan fingerprint density at radius 1 is 1.35 bits per heavy atom. The van der Waals surface area contributed by atoms with Crippen LogP contribution in [0.3, 0.4) is 0 Å². The molecule has 0 radical (unpaired) electrons. The molecule has 2 aromatic rings. The Labute approximate surface area is 119 Å². The van der Waals surface area contributed by atoms with Crippen molar-refractivity contribution in [3.05, 3.63) is 41.2 Å². The molecule has 0 spiro atoms. The molecule has 1 aromatic heterocycles. The topological polar surface area (TPSA) is 42.7 Å². The van der Waals surface area contributed by atoms with Gasteiger partial charge in [0.25, 0.3) is 0 Å². The van der Waals surface area contributed by atoms with Crippen molar-refractivity contribution in [3.8, 4) is 5.69 Å². The van der Waals surface area contributed by atoms with Gasteiger partial charge in [-0.05, 0) is 51.4 Å². The summed E-state index contributed by atoms with van der Waals surface area (Å²) in [5.41, 5.74) is 1.38. The van der Waals surface area contributed by atoms with E-state index in [1.54, 1.807) is 23.7 Å². The molecule has 0 aliphatic carbocycles. The lowest BCUT2D eigenvalue weighted by Gasteiger charge is -2.15. The monoisotopic (exact) mass is 276 g/mol. The minimum atomic E-state index is -0.277. The molecule has 0 amide bonds. The molecule has 0 bridgehead atoms. The first-order valence-electron chi connectivity index (χ1n) is 6.96. The second kappa shape index (κ2) is 6.13. The second-order valence-electron chi connectivity index (χ2n) is 5.00. The fourth-order valence-corrected chi connectivity index (χ4v) is 2.19. The van der Waals surface area contributed by atoms with Crippen molar-refractivity contribution in [2.75, 3.05) is 6.54 Å². The zero-order valence-corrected chi connectivity index (χ0v) is 12.4. The minimum absolute atomic E-state index is 0.136. The van der Waals surface area contributed by atoms with Gasteiger partial charge >= 0.3 is 0 Å². The molecule has 1 aromatic carbocycles. The predicted molar refractivity (Wildman–Crippen MR) is 77.5 cm³/mol. The van der Waals surface area contributed by atoms with Gasteiger partial charge in [-0.1, -0.05) is 13.0 Å². The van der Waals surface area contributed by atoms with Gasteiger partial charge in [0.2, 0.25) is 0 Å². The first kappa shape index (κ1) is 14.7. The van der Waals surface area contributed by atoms with Crippen LogP contribution in [0.5, 0.6) is 0 Å². The first-order chi connectivity index (χ1) is 9.52. The maximum absolute atomic E-state index is 14.3. The largest absolute Gasteiger partial charge is 0.310 e.